The number of alkyl halides is 3. The molecule has 5 nitrogen and oxygen atoms in total. The van der Waals surface area contributed by atoms with Gasteiger partial charge in [0.05, 0.1) is 17.6 Å². The highest BCUT2D eigenvalue weighted by atomic mass is 32.2. The molecule has 0 fully saturated rings. The van der Waals surface area contributed by atoms with E-state index in [1.54, 1.807) is 7.05 Å². The third kappa shape index (κ3) is 2.69. The van der Waals surface area contributed by atoms with Crippen molar-refractivity contribution in [1.29, 1.82) is 0 Å². The van der Waals surface area contributed by atoms with Gasteiger partial charge in [0.15, 0.2) is 5.03 Å². The van der Waals surface area contributed by atoms with Gasteiger partial charge in [0, 0.05) is 19.8 Å². The van der Waals surface area contributed by atoms with E-state index in [0.717, 1.165) is 10.4 Å². The predicted molar refractivity (Wildman–Crippen MR) is 77.5 cm³/mol. The van der Waals surface area contributed by atoms with E-state index < -0.39 is 21.8 Å². The Balaban J connectivity index is 2.13. The van der Waals surface area contributed by atoms with Gasteiger partial charge < -0.3 is 4.57 Å². The van der Waals surface area contributed by atoms with E-state index >= 15 is 0 Å². The molecule has 0 radical (unpaired) electrons. The Morgan fingerprint density at radius 3 is 2.61 bits per heavy atom. The minimum Gasteiger partial charge on any atom is -0.339 e. The van der Waals surface area contributed by atoms with Crippen LogP contribution >= 0.6 is 0 Å². The van der Waals surface area contributed by atoms with Gasteiger partial charge in [-0.15, -0.1) is 0 Å². The second-order valence-electron chi connectivity index (χ2n) is 5.36. The Bertz CT molecular complexity index is 843. The van der Waals surface area contributed by atoms with E-state index in [2.05, 4.69) is 4.98 Å². The van der Waals surface area contributed by atoms with Gasteiger partial charge in [0.2, 0.25) is 0 Å². The summed E-state index contributed by atoms with van der Waals surface area (Å²) in [5, 5.41) is -0.176. The lowest BCUT2D eigenvalue weighted by molar-refractivity contribution is -0.138. The first-order valence-electron chi connectivity index (χ1n) is 6.91. The molecule has 0 atom stereocenters. The SMILES string of the molecule is Cn1cnc(S(=O)(=O)N2CCCc3c2cccc3C(F)(F)F)c1. The molecule has 0 amide bonds. The standard InChI is InChI=1S/C14H14F3N3O2S/c1-19-8-13(18-9-19)23(21,22)20-7-3-4-10-11(14(15,16)17)5-2-6-12(10)20/h2,5-6,8-9H,3-4,7H2,1H3. The van der Waals surface area contributed by atoms with Crippen LogP contribution in [0.1, 0.15) is 17.5 Å². The molecule has 0 aliphatic carbocycles. The molecular weight excluding hydrogens is 331 g/mol. The molecule has 9 heteroatoms. The summed E-state index contributed by atoms with van der Waals surface area (Å²) in [6, 6.07) is 3.62. The predicted octanol–water partition coefficient (Wildman–Crippen LogP) is 2.58. The average molecular weight is 345 g/mol. The first kappa shape index (κ1) is 15.9. The average Bonchev–Trinajstić information content (AvgIpc) is 2.92. The van der Waals surface area contributed by atoms with Crippen LogP contribution in [-0.4, -0.2) is 24.5 Å². The van der Waals surface area contributed by atoms with Gasteiger partial charge in [-0.3, -0.25) is 4.31 Å². The van der Waals surface area contributed by atoms with Crippen LogP contribution in [0.15, 0.2) is 35.7 Å². The van der Waals surface area contributed by atoms with Gasteiger partial charge in [-0.25, -0.2) is 4.98 Å². The van der Waals surface area contributed by atoms with Gasteiger partial charge >= 0.3 is 6.18 Å². The van der Waals surface area contributed by atoms with Crippen LogP contribution in [0, 0.1) is 0 Å². The van der Waals surface area contributed by atoms with Gasteiger partial charge in [-0.1, -0.05) is 6.07 Å². The Morgan fingerprint density at radius 2 is 2.00 bits per heavy atom. The molecule has 0 bridgehead atoms. The highest BCUT2D eigenvalue weighted by molar-refractivity contribution is 7.92. The molecule has 0 N–H and O–H groups in total. The summed E-state index contributed by atoms with van der Waals surface area (Å²) in [5.41, 5.74) is -0.682. The number of hydrogen-bond donors (Lipinski definition) is 0. The van der Waals surface area contributed by atoms with Crippen LogP contribution in [0.2, 0.25) is 0 Å². The Morgan fingerprint density at radius 1 is 1.26 bits per heavy atom. The summed E-state index contributed by atoms with van der Waals surface area (Å²) >= 11 is 0. The van der Waals surface area contributed by atoms with Crippen LogP contribution < -0.4 is 4.31 Å². The molecule has 0 saturated heterocycles. The second-order valence-corrected chi connectivity index (χ2v) is 7.17. The largest absolute Gasteiger partial charge is 0.416 e. The molecule has 2 heterocycles. The summed E-state index contributed by atoms with van der Waals surface area (Å²) < 4.78 is 67.3. The third-order valence-electron chi connectivity index (χ3n) is 3.75. The number of halogens is 3. The van der Waals surface area contributed by atoms with E-state index in [9.17, 15) is 21.6 Å². The van der Waals surface area contributed by atoms with E-state index in [1.807, 2.05) is 0 Å². The third-order valence-corrected chi connectivity index (χ3v) is 5.45. The van der Waals surface area contributed by atoms with Crippen LogP contribution in [0.3, 0.4) is 0 Å². The molecule has 0 saturated carbocycles. The maximum Gasteiger partial charge on any atom is 0.416 e. The lowest BCUT2D eigenvalue weighted by Gasteiger charge is -2.31. The fourth-order valence-electron chi connectivity index (χ4n) is 2.74. The van der Waals surface area contributed by atoms with E-state index in [-0.39, 0.29) is 29.2 Å². The summed E-state index contributed by atoms with van der Waals surface area (Å²) in [7, 11) is -2.36. The summed E-state index contributed by atoms with van der Waals surface area (Å²) in [4.78, 5) is 3.82. The number of imidazole rings is 1. The number of aryl methyl sites for hydroxylation is 1. The molecule has 0 spiro atoms. The molecule has 1 aromatic carbocycles. The van der Waals surface area contributed by atoms with Crippen molar-refractivity contribution in [3.63, 3.8) is 0 Å². The molecule has 1 aromatic heterocycles. The van der Waals surface area contributed by atoms with Crippen molar-refractivity contribution in [1.82, 2.24) is 9.55 Å². The number of benzene rings is 1. The zero-order valence-electron chi connectivity index (χ0n) is 12.2. The molecule has 3 rings (SSSR count). The van der Waals surface area contributed by atoms with Crippen molar-refractivity contribution in [2.45, 2.75) is 24.0 Å². The molecular formula is C14H14F3N3O2S. The molecule has 124 valence electrons. The Kier molecular flexibility index (Phi) is 3.62. The fourth-order valence-corrected chi connectivity index (χ4v) is 4.25. The molecule has 2 aromatic rings. The topological polar surface area (TPSA) is 55.2 Å². The zero-order chi connectivity index (χ0) is 16.8. The number of hydrogen-bond acceptors (Lipinski definition) is 3. The number of rotatable bonds is 2. The zero-order valence-corrected chi connectivity index (χ0v) is 13.0. The number of aromatic nitrogens is 2. The van der Waals surface area contributed by atoms with Gasteiger partial charge in [0.1, 0.15) is 0 Å². The van der Waals surface area contributed by atoms with Gasteiger partial charge in [0.25, 0.3) is 10.0 Å². The van der Waals surface area contributed by atoms with Crippen molar-refractivity contribution in [2.24, 2.45) is 7.05 Å². The highest BCUT2D eigenvalue weighted by Crippen LogP contribution is 2.40. The minimum absolute atomic E-state index is 0.0192. The maximum absolute atomic E-state index is 13.1. The smallest absolute Gasteiger partial charge is 0.339 e. The number of anilines is 1. The van der Waals surface area contributed by atoms with E-state index in [0.29, 0.717) is 6.42 Å². The highest BCUT2D eigenvalue weighted by Gasteiger charge is 2.38. The summed E-state index contributed by atoms with van der Waals surface area (Å²) in [5.74, 6) is 0. The lowest BCUT2D eigenvalue weighted by Crippen LogP contribution is -2.36. The number of nitrogens with zero attached hydrogens (tertiary/aromatic N) is 3. The Labute approximate surface area is 131 Å². The maximum atomic E-state index is 13.1. The van der Waals surface area contributed by atoms with Crippen LogP contribution in [0.5, 0.6) is 0 Å². The lowest BCUT2D eigenvalue weighted by atomic mass is 9.97. The summed E-state index contributed by atoms with van der Waals surface area (Å²) in [6.45, 7) is 0.132. The molecule has 1 aliphatic heterocycles. The molecule has 23 heavy (non-hydrogen) atoms. The number of sulfonamides is 1. The van der Waals surface area contributed by atoms with E-state index in [4.69, 9.17) is 0 Å². The van der Waals surface area contributed by atoms with Crippen molar-refractivity contribution in [2.75, 3.05) is 10.8 Å². The quantitative estimate of drug-likeness (QED) is 0.841. The first-order chi connectivity index (χ1) is 10.7. The second kappa shape index (κ2) is 5.26. The van der Waals surface area contributed by atoms with Crippen molar-refractivity contribution < 1.29 is 21.6 Å². The van der Waals surface area contributed by atoms with Crippen molar-refractivity contribution in [3.8, 4) is 0 Å². The van der Waals surface area contributed by atoms with Crippen molar-refractivity contribution >= 4 is 15.7 Å². The summed E-state index contributed by atoms with van der Waals surface area (Å²) in [6.07, 6.45) is -1.32. The van der Waals surface area contributed by atoms with Crippen molar-refractivity contribution in [3.05, 3.63) is 41.9 Å². The van der Waals surface area contributed by atoms with Crippen LogP contribution in [-0.2, 0) is 29.7 Å². The van der Waals surface area contributed by atoms with Gasteiger partial charge in [-0.2, -0.15) is 21.6 Å². The first-order valence-corrected chi connectivity index (χ1v) is 8.35. The fraction of sp³-hybridized carbons (Fsp3) is 0.357. The minimum atomic E-state index is -4.51. The molecule has 0 unspecified atom stereocenters. The normalized spacial score (nSPS) is 15.6. The van der Waals surface area contributed by atoms with E-state index in [1.165, 1.54) is 29.2 Å². The van der Waals surface area contributed by atoms with Gasteiger partial charge in [-0.05, 0) is 30.5 Å². The van der Waals surface area contributed by atoms with Crippen LogP contribution in [0.4, 0.5) is 18.9 Å². The number of fused-ring (bicyclic) bond motifs is 1. The monoisotopic (exact) mass is 345 g/mol. The van der Waals surface area contributed by atoms with Crippen LogP contribution in [0.25, 0.3) is 0 Å². The molecule has 1 aliphatic rings. The Hall–Kier alpha value is -2.03.